The van der Waals surface area contributed by atoms with Crippen LogP contribution in [-0.2, 0) is 10.0 Å². The van der Waals surface area contributed by atoms with Crippen LogP contribution in [0.3, 0.4) is 0 Å². The van der Waals surface area contributed by atoms with Crippen LogP contribution >= 0.6 is 0 Å². The van der Waals surface area contributed by atoms with Gasteiger partial charge in [0.05, 0.1) is 4.90 Å². The molecule has 2 rings (SSSR count). The monoisotopic (exact) mass is 339 g/mol. The van der Waals surface area contributed by atoms with Crippen LogP contribution in [0.15, 0.2) is 23.1 Å². The Labute approximate surface area is 140 Å². The van der Waals surface area contributed by atoms with Crippen molar-refractivity contribution >= 4 is 10.0 Å². The van der Waals surface area contributed by atoms with Crippen molar-refractivity contribution in [2.75, 3.05) is 46.3 Å². The predicted octanol–water partition coefficient (Wildman–Crippen LogP) is 1.47. The third-order valence-corrected chi connectivity index (χ3v) is 5.99. The molecule has 6 heteroatoms. The van der Waals surface area contributed by atoms with Crippen LogP contribution in [0.1, 0.15) is 18.1 Å². The fourth-order valence-electron chi connectivity index (χ4n) is 2.97. The average molecular weight is 340 g/mol. The number of likely N-dealkylation sites (N-methyl/N-ethyl adjacent to an activating group) is 1. The third kappa shape index (κ3) is 5.28. The predicted molar refractivity (Wildman–Crippen MR) is 94.2 cm³/mol. The molecular weight excluding hydrogens is 310 g/mol. The number of nitrogens with one attached hydrogen (secondary N) is 1. The first-order valence-electron chi connectivity index (χ1n) is 8.26. The molecule has 5 nitrogen and oxygen atoms in total. The first-order valence-corrected chi connectivity index (χ1v) is 9.74. The van der Waals surface area contributed by atoms with Crippen molar-refractivity contribution in [3.8, 4) is 0 Å². The highest BCUT2D eigenvalue weighted by Crippen LogP contribution is 2.16. The number of aryl methyl sites for hydroxylation is 2. The average Bonchev–Trinajstić information content (AvgIpc) is 2.47. The Kier molecular flexibility index (Phi) is 6.19. The van der Waals surface area contributed by atoms with Crippen LogP contribution in [0.2, 0.25) is 0 Å². The molecule has 0 saturated carbocycles. The number of benzene rings is 1. The SMILES string of the molecule is Cc1ccc(S(=O)(=O)NCC(C)CN2CCN(C)CC2)c(C)c1. The minimum atomic E-state index is -3.43. The summed E-state index contributed by atoms with van der Waals surface area (Å²) in [6.45, 7) is 11.6. The van der Waals surface area contributed by atoms with Crippen molar-refractivity contribution in [3.05, 3.63) is 29.3 Å². The van der Waals surface area contributed by atoms with Crippen LogP contribution in [-0.4, -0.2) is 64.5 Å². The van der Waals surface area contributed by atoms with Crippen molar-refractivity contribution in [1.29, 1.82) is 0 Å². The van der Waals surface area contributed by atoms with Crippen molar-refractivity contribution < 1.29 is 8.42 Å². The van der Waals surface area contributed by atoms with E-state index < -0.39 is 10.0 Å². The van der Waals surface area contributed by atoms with Crippen molar-refractivity contribution in [1.82, 2.24) is 14.5 Å². The van der Waals surface area contributed by atoms with E-state index in [-0.39, 0.29) is 0 Å². The first kappa shape index (κ1) is 18.4. The topological polar surface area (TPSA) is 52.7 Å². The molecule has 1 heterocycles. The maximum Gasteiger partial charge on any atom is 0.240 e. The minimum Gasteiger partial charge on any atom is -0.304 e. The van der Waals surface area contributed by atoms with Gasteiger partial charge < -0.3 is 9.80 Å². The van der Waals surface area contributed by atoms with Gasteiger partial charge >= 0.3 is 0 Å². The van der Waals surface area contributed by atoms with E-state index in [0.717, 1.165) is 43.9 Å². The molecule has 23 heavy (non-hydrogen) atoms. The summed E-state index contributed by atoms with van der Waals surface area (Å²) in [5.41, 5.74) is 1.87. The Bertz CT molecular complexity index is 623. The Morgan fingerprint density at radius 3 is 2.43 bits per heavy atom. The lowest BCUT2D eigenvalue weighted by atomic mass is 10.1. The Morgan fingerprint density at radius 2 is 1.83 bits per heavy atom. The summed E-state index contributed by atoms with van der Waals surface area (Å²) in [6, 6.07) is 5.44. The van der Waals surface area contributed by atoms with Crippen LogP contribution in [0.25, 0.3) is 0 Å². The lowest BCUT2D eigenvalue weighted by Crippen LogP contribution is -2.46. The van der Waals surface area contributed by atoms with Crippen LogP contribution in [0, 0.1) is 19.8 Å². The summed E-state index contributed by atoms with van der Waals surface area (Å²) >= 11 is 0. The first-order chi connectivity index (χ1) is 10.8. The maximum absolute atomic E-state index is 12.5. The number of nitrogens with zero attached hydrogens (tertiary/aromatic N) is 2. The lowest BCUT2D eigenvalue weighted by Gasteiger charge is -2.33. The molecule has 0 amide bonds. The Hall–Kier alpha value is -0.950. The van der Waals surface area contributed by atoms with E-state index >= 15 is 0 Å². The summed E-state index contributed by atoms with van der Waals surface area (Å²) in [5, 5.41) is 0. The summed E-state index contributed by atoms with van der Waals surface area (Å²) in [7, 11) is -1.29. The largest absolute Gasteiger partial charge is 0.304 e. The zero-order chi connectivity index (χ0) is 17.0. The van der Waals surface area contributed by atoms with Gasteiger partial charge in [0.15, 0.2) is 0 Å². The van der Waals surface area contributed by atoms with E-state index in [1.54, 1.807) is 6.07 Å². The molecule has 1 atom stereocenters. The number of rotatable bonds is 6. The van der Waals surface area contributed by atoms with Crippen LogP contribution in [0.4, 0.5) is 0 Å². The fourth-order valence-corrected chi connectivity index (χ4v) is 4.36. The van der Waals surface area contributed by atoms with Gasteiger partial charge in [0.1, 0.15) is 0 Å². The molecule has 0 aliphatic carbocycles. The molecule has 1 N–H and O–H groups in total. The molecule has 0 bridgehead atoms. The summed E-state index contributed by atoms with van der Waals surface area (Å²) in [5.74, 6) is 0.291. The molecule has 1 fully saturated rings. The standard InChI is InChI=1S/C17H29N3O2S/c1-14-5-6-17(16(3)11-14)23(21,22)18-12-15(2)13-20-9-7-19(4)8-10-20/h5-6,11,15,18H,7-10,12-13H2,1-4H3. The molecule has 0 radical (unpaired) electrons. The maximum atomic E-state index is 12.5. The highest BCUT2D eigenvalue weighted by atomic mass is 32.2. The van der Waals surface area contributed by atoms with Crippen molar-refractivity contribution in [2.24, 2.45) is 5.92 Å². The zero-order valence-electron chi connectivity index (χ0n) is 14.7. The van der Waals surface area contributed by atoms with Crippen LogP contribution in [0.5, 0.6) is 0 Å². The van der Waals surface area contributed by atoms with Crippen molar-refractivity contribution in [3.63, 3.8) is 0 Å². The normalized spacial score (nSPS) is 19.0. The third-order valence-electron chi connectivity index (χ3n) is 4.41. The second-order valence-corrected chi connectivity index (χ2v) is 8.57. The van der Waals surface area contributed by atoms with E-state index in [1.165, 1.54) is 0 Å². The molecular formula is C17H29N3O2S. The molecule has 0 spiro atoms. The summed E-state index contributed by atoms with van der Waals surface area (Å²) in [4.78, 5) is 5.12. The highest BCUT2D eigenvalue weighted by molar-refractivity contribution is 7.89. The van der Waals surface area contributed by atoms with E-state index in [4.69, 9.17) is 0 Å². The zero-order valence-corrected chi connectivity index (χ0v) is 15.5. The minimum absolute atomic E-state index is 0.291. The summed E-state index contributed by atoms with van der Waals surface area (Å²) in [6.07, 6.45) is 0. The van der Waals surface area contributed by atoms with E-state index in [2.05, 4.69) is 28.5 Å². The lowest BCUT2D eigenvalue weighted by molar-refractivity contribution is 0.139. The fraction of sp³-hybridized carbons (Fsp3) is 0.647. The smallest absolute Gasteiger partial charge is 0.240 e. The second kappa shape index (κ2) is 7.75. The van der Waals surface area contributed by atoms with Gasteiger partial charge in [0, 0.05) is 39.3 Å². The summed E-state index contributed by atoms with van der Waals surface area (Å²) < 4.78 is 27.7. The van der Waals surface area contributed by atoms with Crippen molar-refractivity contribution in [2.45, 2.75) is 25.7 Å². The molecule has 1 aliphatic rings. The number of hydrogen-bond donors (Lipinski definition) is 1. The van der Waals surface area contributed by atoms with E-state index in [1.807, 2.05) is 26.0 Å². The second-order valence-electron chi connectivity index (χ2n) is 6.83. The molecule has 1 aliphatic heterocycles. The van der Waals surface area contributed by atoms with Gasteiger partial charge in [-0.15, -0.1) is 0 Å². The van der Waals surface area contributed by atoms with Gasteiger partial charge in [-0.05, 0) is 38.4 Å². The molecule has 1 unspecified atom stereocenters. The quantitative estimate of drug-likeness (QED) is 0.853. The number of sulfonamides is 1. The highest BCUT2D eigenvalue weighted by Gasteiger charge is 2.20. The van der Waals surface area contributed by atoms with Gasteiger partial charge in [-0.3, -0.25) is 0 Å². The van der Waals surface area contributed by atoms with Gasteiger partial charge in [-0.25, -0.2) is 13.1 Å². The van der Waals surface area contributed by atoms with Gasteiger partial charge in [0.2, 0.25) is 10.0 Å². The van der Waals surface area contributed by atoms with Gasteiger partial charge in [-0.1, -0.05) is 24.6 Å². The van der Waals surface area contributed by atoms with Gasteiger partial charge in [-0.2, -0.15) is 0 Å². The molecule has 1 aromatic rings. The number of hydrogen-bond acceptors (Lipinski definition) is 4. The van der Waals surface area contributed by atoms with Gasteiger partial charge in [0.25, 0.3) is 0 Å². The van der Waals surface area contributed by atoms with E-state index in [9.17, 15) is 8.42 Å². The van der Waals surface area contributed by atoms with Crippen LogP contribution < -0.4 is 4.72 Å². The van der Waals surface area contributed by atoms with E-state index in [0.29, 0.717) is 17.4 Å². The molecule has 1 aromatic carbocycles. The Morgan fingerprint density at radius 1 is 1.17 bits per heavy atom. The number of piperazine rings is 1. The molecule has 0 aromatic heterocycles. The molecule has 1 saturated heterocycles. The molecule has 130 valence electrons. The Balaban J connectivity index is 1.88.